The average Bonchev–Trinajstić information content (AvgIpc) is 3.51. The first-order chi connectivity index (χ1) is 16.6. The number of hydrogen-bond donors (Lipinski definition) is 2. The van der Waals surface area contributed by atoms with Crippen molar-refractivity contribution in [2.45, 2.75) is 13.1 Å². The van der Waals surface area contributed by atoms with Crippen molar-refractivity contribution in [1.29, 1.82) is 0 Å². The van der Waals surface area contributed by atoms with Gasteiger partial charge in [-0.25, -0.2) is 9.67 Å². The Morgan fingerprint density at radius 2 is 1.88 bits per heavy atom. The number of carbonyl (C=O) groups is 1. The number of aromatic nitrogens is 6. The van der Waals surface area contributed by atoms with Gasteiger partial charge in [0.25, 0.3) is 11.5 Å². The Morgan fingerprint density at radius 3 is 2.68 bits per heavy atom. The zero-order valence-electron chi connectivity index (χ0n) is 18.0. The van der Waals surface area contributed by atoms with Gasteiger partial charge in [-0.3, -0.25) is 19.3 Å². The van der Waals surface area contributed by atoms with Crippen LogP contribution >= 0.6 is 11.6 Å². The van der Waals surface area contributed by atoms with Gasteiger partial charge in [-0.05, 0) is 23.8 Å². The lowest BCUT2D eigenvalue weighted by Crippen LogP contribution is -2.28. The molecule has 0 saturated heterocycles. The first-order valence-electron chi connectivity index (χ1n) is 10.6. The molecule has 10 heteroatoms. The minimum absolute atomic E-state index is 0.180. The summed E-state index contributed by atoms with van der Waals surface area (Å²) in [5.74, 6) is -0.274. The number of nitrogens with zero attached hydrogens (tertiary/aromatic N) is 5. The number of H-pyrrole nitrogens is 1. The summed E-state index contributed by atoms with van der Waals surface area (Å²) < 4.78 is 3.13. The van der Waals surface area contributed by atoms with E-state index < -0.39 is 0 Å². The van der Waals surface area contributed by atoms with Crippen molar-refractivity contribution in [2.24, 2.45) is 0 Å². The summed E-state index contributed by atoms with van der Waals surface area (Å²) >= 11 is 5.93. The van der Waals surface area contributed by atoms with Crippen LogP contribution in [0.25, 0.3) is 22.3 Å². The smallest absolute Gasteiger partial charge is 0.269 e. The normalized spacial score (nSPS) is 11.1. The van der Waals surface area contributed by atoms with Crippen LogP contribution in [0.3, 0.4) is 0 Å². The lowest BCUT2D eigenvalue weighted by Gasteiger charge is -2.07. The molecule has 0 radical (unpaired) electrons. The Morgan fingerprint density at radius 1 is 1.09 bits per heavy atom. The number of amides is 1. The van der Waals surface area contributed by atoms with Crippen molar-refractivity contribution < 1.29 is 4.79 Å². The van der Waals surface area contributed by atoms with E-state index >= 15 is 0 Å². The second kappa shape index (κ2) is 9.32. The molecular weight excluding hydrogens is 454 g/mol. The van der Waals surface area contributed by atoms with Gasteiger partial charge in [0.15, 0.2) is 5.65 Å². The van der Waals surface area contributed by atoms with Crippen LogP contribution in [-0.2, 0) is 13.1 Å². The molecule has 9 nitrogen and oxygen atoms in total. The predicted molar refractivity (Wildman–Crippen MR) is 129 cm³/mol. The highest BCUT2D eigenvalue weighted by molar-refractivity contribution is 6.30. The maximum absolute atomic E-state index is 12.9. The largest absolute Gasteiger partial charge is 0.349 e. The molecule has 0 aliphatic rings. The lowest BCUT2D eigenvalue weighted by molar-refractivity contribution is 0.0947. The summed E-state index contributed by atoms with van der Waals surface area (Å²) in [4.78, 5) is 29.8. The summed E-state index contributed by atoms with van der Waals surface area (Å²) in [7, 11) is 0. The van der Waals surface area contributed by atoms with Crippen molar-refractivity contribution in [3.8, 4) is 11.3 Å². The van der Waals surface area contributed by atoms with Crippen LogP contribution < -0.4 is 10.9 Å². The maximum atomic E-state index is 12.9. The number of benzene rings is 2. The van der Waals surface area contributed by atoms with Crippen LogP contribution in [0.5, 0.6) is 0 Å². The van der Waals surface area contributed by atoms with Crippen LogP contribution in [0.4, 0.5) is 0 Å². The van der Waals surface area contributed by atoms with Gasteiger partial charge in [-0.2, -0.15) is 10.2 Å². The van der Waals surface area contributed by atoms with E-state index in [1.54, 1.807) is 22.9 Å². The van der Waals surface area contributed by atoms with E-state index in [0.29, 0.717) is 47.1 Å². The molecule has 2 N–H and O–H groups in total. The van der Waals surface area contributed by atoms with Crippen LogP contribution in [0.15, 0.2) is 78.0 Å². The zero-order chi connectivity index (χ0) is 23.5. The molecule has 0 spiro atoms. The second-order valence-corrected chi connectivity index (χ2v) is 8.13. The van der Waals surface area contributed by atoms with Crippen LogP contribution in [0.1, 0.15) is 16.1 Å². The van der Waals surface area contributed by atoms with Gasteiger partial charge >= 0.3 is 0 Å². The van der Waals surface area contributed by atoms with Gasteiger partial charge < -0.3 is 5.32 Å². The Hall–Kier alpha value is -4.24. The van der Waals surface area contributed by atoms with Crippen molar-refractivity contribution in [3.63, 3.8) is 0 Å². The SMILES string of the molecule is O=C(NCCn1ncc2c(=O)n(Cc3ccc(Cl)cc3)cnc21)c1cc(-c2ccccc2)n[nH]1. The van der Waals surface area contributed by atoms with Gasteiger partial charge in [-0.15, -0.1) is 0 Å². The quantitative estimate of drug-likeness (QED) is 0.377. The number of hydrogen-bond acceptors (Lipinski definition) is 5. The molecule has 5 rings (SSSR count). The molecular formula is C24H20ClN7O2. The van der Waals surface area contributed by atoms with Crippen LogP contribution in [0.2, 0.25) is 5.02 Å². The van der Waals surface area contributed by atoms with Gasteiger partial charge in [0.1, 0.15) is 17.4 Å². The van der Waals surface area contributed by atoms with Gasteiger partial charge in [0, 0.05) is 17.1 Å². The Labute approximate surface area is 199 Å². The molecule has 0 aliphatic heterocycles. The molecule has 170 valence electrons. The van der Waals surface area contributed by atoms with E-state index in [2.05, 4.69) is 25.6 Å². The van der Waals surface area contributed by atoms with Crippen LogP contribution in [-0.4, -0.2) is 42.0 Å². The minimum atomic E-state index is -0.274. The van der Waals surface area contributed by atoms with Crippen molar-refractivity contribution >= 4 is 28.5 Å². The summed E-state index contributed by atoms with van der Waals surface area (Å²) in [6, 6.07) is 18.6. The molecule has 1 amide bonds. The minimum Gasteiger partial charge on any atom is -0.349 e. The Bertz CT molecular complexity index is 1500. The van der Waals surface area contributed by atoms with Gasteiger partial charge in [0.2, 0.25) is 0 Å². The van der Waals surface area contributed by atoms with Crippen molar-refractivity contribution in [3.05, 3.63) is 99.8 Å². The monoisotopic (exact) mass is 473 g/mol. The molecule has 0 fully saturated rings. The fourth-order valence-electron chi connectivity index (χ4n) is 3.63. The van der Waals surface area contributed by atoms with E-state index in [9.17, 15) is 9.59 Å². The summed E-state index contributed by atoms with van der Waals surface area (Å²) in [5, 5.41) is 15.1. The first kappa shape index (κ1) is 21.6. The molecule has 3 aromatic heterocycles. The molecule has 5 aromatic rings. The van der Waals surface area contributed by atoms with Crippen LogP contribution in [0, 0.1) is 0 Å². The first-order valence-corrected chi connectivity index (χ1v) is 11.0. The fourth-order valence-corrected chi connectivity index (χ4v) is 3.75. The third-order valence-corrected chi connectivity index (χ3v) is 5.64. The topological polar surface area (TPSA) is 110 Å². The number of fused-ring (bicyclic) bond motifs is 1. The van der Waals surface area contributed by atoms with Crippen molar-refractivity contribution in [1.82, 2.24) is 34.8 Å². The van der Waals surface area contributed by atoms with Gasteiger partial charge in [0.05, 0.1) is 25.0 Å². The Kier molecular flexibility index (Phi) is 5.92. The maximum Gasteiger partial charge on any atom is 0.269 e. The number of rotatable bonds is 7. The zero-order valence-corrected chi connectivity index (χ0v) is 18.7. The standard InChI is InChI=1S/C24H20ClN7O2/c25-18-8-6-16(7-9-18)14-31-15-27-22-19(24(31)34)13-28-32(22)11-10-26-23(33)21-12-20(29-30-21)17-4-2-1-3-5-17/h1-9,12-13,15H,10-11,14H2,(H,26,33)(H,29,30). The van der Waals surface area contributed by atoms with E-state index in [0.717, 1.165) is 11.1 Å². The van der Waals surface area contributed by atoms with E-state index in [-0.39, 0.29) is 11.5 Å². The summed E-state index contributed by atoms with van der Waals surface area (Å²) in [5.41, 5.74) is 3.22. The number of carbonyl (C=O) groups excluding carboxylic acids is 1. The van der Waals surface area contributed by atoms with Gasteiger partial charge in [-0.1, -0.05) is 54.1 Å². The highest BCUT2D eigenvalue weighted by Crippen LogP contribution is 2.17. The van der Waals surface area contributed by atoms with E-state index in [1.807, 2.05) is 42.5 Å². The molecule has 0 atom stereocenters. The van der Waals surface area contributed by atoms with E-state index in [4.69, 9.17) is 11.6 Å². The van der Waals surface area contributed by atoms with Crippen molar-refractivity contribution in [2.75, 3.05) is 6.54 Å². The fraction of sp³-hybridized carbons (Fsp3) is 0.125. The Balaban J connectivity index is 1.24. The molecule has 3 heterocycles. The third-order valence-electron chi connectivity index (χ3n) is 5.39. The second-order valence-electron chi connectivity index (χ2n) is 7.70. The average molecular weight is 474 g/mol. The molecule has 0 saturated carbocycles. The number of halogens is 1. The molecule has 34 heavy (non-hydrogen) atoms. The van der Waals surface area contributed by atoms with E-state index in [1.165, 1.54) is 17.1 Å². The summed E-state index contributed by atoms with van der Waals surface area (Å²) in [6.07, 6.45) is 3.01. The molecule has 2 aromatic carbocycles. The lowest BCUT2D eigenvalue weighted by atomic mass is 10.1. The number of nitrogens with one attached hydrogen (secondary N) is 2. The predicted octanol–water partition coefficient (Wildman–Crippen LogP) is 3.11. The summed E-state index contributed by atoms with van der Waals surface area (Å²) in [6.45, 7) is 1.06. The highest BCUT2D eigenvalue weighted by atomic mass is 35.5. The third kappa shape index (κ3) is 4.46. The molecule has 0 bridgehead atoms. The molecule has 0 unspecified atom stereocenters. The highest BCUT2D eigenvalue weighted by Gasteiger charge is 2.13. The molecule has 0 aliphatic carbocycles. The number of aromatic amines is 1.